The number of H-pyrrole nitrogens is 1. The van der Waals surface area contributed by atoms with Crippen LogP contribution in [0, 0.1) is 6.92 Å². The van der Waals surface area contributed by atoms with Crippen molar-refractivity contribution in [1.82, 2.24) is 15.0 Å². The largest absolute Gasteiger partial charge is 0.333 e. The van der Waals surface area contributed by atoms with E-state index in [0.29, 0.717) is 6.54 Å². The zero-order valence-electron chi connectivity index (χ0n) is 11.3. The normalized spacial score (nSPS) is 11.1. The Morgan fingerprint density at radius 1 is 1.30 bits per heavy atom. The Morgan fingerprint density at radius 3 is 3.05 bits per heavy atom. The van der Waals surface area contributed by atoms with Gasteiger partial charge in [-0.25, -0.2) is 4.98 Å². The average molecular weight is 284 g/mol. The zero-order valence-corrected chi connectivity index (χ0v) is 12.1. The van der Waals surface area contributed by atoms with Gasteiger partial charge < -0.3 is 10.7 Å². The number of imidazole rings is 1. The molecule has 4 nitrogen and oxygen atoms in total. The van der Waals surface area contributed by atoms with Crippen molar-refractivity contribution in [3.8, 4) is 0 Å². The van der Waals surface area contributed by atoms with E-state index in [2.05, 4.69) is 40.1 Å². The molecule has 0 aliphatic heterocycles. The van der Waals surface area contributed by atoms with Gasteiger partial charge >= 0.3 is 0 Å². The molecule has 0 spiro atoms. The summed E-state index contributed by atoms with van der Waals surface area (Å²) in [5.41, 5.74) is 11.1. The number of aromatic nitrogens is 3. The van der Waals surface area contributed by atoms with Gasteiger partial charge in [-0.15, -0.1) is 0 Å². The van der Waals surface area contributed by atoms with E-state index in [1.165, 1.54) is 5.56 Å². The predicted octanol–water partition coefficient (Wildman–Crippen LogP) is 3.02. The third-order valence-corrected chi connectivity index (χ3v) is 4.08. The van der Waals surface area contributed by atoms with Crippen LogP contribution in [-0.2, 0) is 12.3 Å². The van der Waals surface area contributed by atoms with Crippen molar-refractivity contribution in [3.05, 3.63) is 53.3 Å². The zero-order chi connectivity index (χ0) is 13.9. The summed E-state index contributed by atoms with van der Waals surface area (Å²) < 4.78 is 0. The van der Waals surface area contributed by atoms with Crippen LogP contribution in [0.2, 0.25) is 0 Å². The first kappa shape index (κ1) is 13.1. The summed E-state index contributed by atoms with van der Waals surface area (Å²) in [6.45, 7) is 2.55. The SMILES string of the molecule is Cc1ccc2nc(SCc3cccnc3CN)[nH]c2c1. The maximum Gasteiger partial charge on any atom is 0.166 e. The van der Waals surface area contributed by atoms with Crippen molar-refractivity contribution in [2.75, 3.05) is 0 Å². The molecule has 0 radical (unpaired) electrons. The molecule has 0 fully saturated rings. The van der Waals surface area contributed by atoms with Crippen LogP contribution >= 0.6 is 11.8 Å². The summed E-state index contributed by atoms with van der Waals surface area (Å²) in [5.74, 6) is 0.819. The number of pyridine rings is 1. The third kappa shape index (κ3) is 2.69. The second-order valence-electron chi connectivity index (χ2n) is 4.66. The van der Waals surface area contributed by atoms with E-state index < -0.39 is 0 Å². The Kier molecular flexibility index (Phi) is 3.71. The summed E-state index contributed by atoms with van der Waals surface area (Å²) in [6.07, 6.45) is 1.78. The number of aryl methyl sites for hydroxylation is 1. The molecule has 102 valence electrons. The highest BCUT2D eigenvalue weighted by molar-refractivity contribution is 7.98. The molecule has 0 aliphatic carbocycles. The van der Waals surface area contributed by atoms with Crippen LogP contribution in [0.25, 0.3) is 11.0 Å². The number of fused-ring (bicyclic) bond motifs is 1. The highest BCUT2D eigenvalue weighted by atomic mass is 32.2. The Morgan fingerprint density at radius 2 is 2.20 bits per heavy atom. The molecule has 3 aromatic rings. The summed E-state index contributed by atoms with van der Waals surface area (Å²) in [7, 11) is 0. The number of rotatable bonds is 4. The smallest absolute Gasteiger partial charge is 0.166 e. The molecule has 0 unspecified atom stereocenters. The van der Waals surface area contributed by atoms with E-state index in [9.17, 15) is 0 Å². The molecule has 5 heteroatoms. The number of nitrogens with zero attached hydrogens (tertiary/aromatic N) is 2. The molecule has 0 saturated heterocycles. The summed E-state index contributed by atoms with van der Waals surface area (Å²) in [6, 6.07) is 10.2. The minimum absolute atomic E-state index is 0.468. The fourth-order valence-electron chi connectivity index (χ4n) is 2.10. The van der Waals surface area contributed by atoms with Crippen molar-refractivity contribution < 1.29 is 0 Å². The quantitative estimate of drug-likeness (QED) is 0.723. The Labute approximate surface area is 121 Å². The standard InChI is InChI=1S/C15H16N4S/c1-10-4-5-12-13(7-10)19-15(18-12)20-9-11-3-2-6-17-14(11)8-16/h2-7H,8-9,16H2,1H3,(H,18,19). The van der Waals surface area contributed by atoms with Gasteiger partial charge in [0.15, 0.2) is 5.16 Å². The number of hydrogen-bond acceptors (Lipinski definition) is 4. The molecule has 3 rings (SSSR count). The van der Waals surface area contributed by atoms with E-state index in [4.69, 9.17) is 5.73 Å². The van der Waals surface area contributed by atoms with Crippen LogP contribution in [0.4, 0.5) is 0 Å². The lowest BCUT2D eigenvalue weighted by Crippen LogP contribution is -2.03. The van der Waals surface area contributed by atoms with Gasteiger partial charge in [0.25, 0.3) is 0 Å². The van der Waals surface area contributed by atoms with Crippen LogP contribution in [0.5, 0.6) is 0 Å². The van der Waals surface area contributed by atoms with Crippen molar-refractivity contribution in [3.63, 3.8) is 0 Å². The molecule has 0 amide bonds. The lowest BCUT2D eigenvalue weighted by atomic mass is 10.2. The van der Waals surface area contributed by atoms with Crippen molar-refractivity contribution in [2.45, 2.75) is 24.4 Å². The second-order valence-corrected chi connectivity index (χ2v) is 5.63. The van der Waals surface area contributed by atoms with E-state index in [1.807, 2.05) is 12.1 Å². The van der Waals surface area contributed by atoms with Crippen LogP contribution < -0.4 is 5.73 Å². The molecule has 1 aromatic carbocycles. The summed E-state index contributed by atoms with van der Waals surface area (Å²) in [5, 5.41) is 0.928. The first-order chi connectivity index (χ1) is 9.76. The van der Waals surface area contributed by atoms with E-state index in [-0.39, 0.29) is 0 Å². The van der Waals surface area contributed by atoms with Gasteiger partial charge in [0.1, 0.15) is 0 Å². The molecule has 2 aromatic heterocycles. The van der Waals surface area contributed by atoms with Crippen molar-refractivity contribution in [2.24, 2.45) is 5.73 Å². The first-order valence-corrected chi connectivity index (χ1v) is 7.47. The fraction of sp³-hybridized carbons (Fsp3) is 0.200. The van der Waals surface area contributed by atoms with Crippen LogP contribution in [-0.4, -0.2) is 15.0 Å². The Bertz CT molecular complexity index is 736. The molecular weight excluding hydrogens is 268 g/mol. The minimum Gasteiger partial charge on any atom is -0.333 e. The Balaban J connectivity index is 1.79. The topological polar surface area (TPSA) is 67.6 Å². The van der Waals surface area contributed by atoms with Gasteiger partial charge in [-0.1, -0.05) is 23.9 Å². The monoisotopic (exact) mass is 284 g/mol. The van der Waals surface area contributed by atoms with E-state index in [1.54, 1.807) is 18.0 Å². The number of thioether (sulfide) groups is 1. The molecule has 0 aliphatic rings. The van der Waals surface area contributed by atoms with Crippen LogP contribution in [0.3, 0.4) is 0 Å². The molecule has 3 N–H and O–H groups in total. The van der Waals surface area contributed by atoms with Gasteiger partial charge in [-0.3, -0.25) is 4.98 Å². The molecule has 0 bridgehead atoms. The number of hydrogen-bond donors (Lipinski definition) is 2. The highest BCUT2D eigenvalue weighted by Crippen LogP contribution is 2.24. The van der Waals surface area contributed by atoms with Crippen LogP contribution in [0.15, 0.2) is 41.7 Å². The molecule has 0 atom stereocenters. The van der Waals surface area contributed by atoms with Gasteiger partial charge in [-0.05, 0) is 36.2 Å². The maximum atomic E-state index is 5.70. The molecular formula is C15H16N4S. The minimum atomic E-state index is 0.468. The van der Waals surface area contributed by atoms with Gasteiger partial charge in [0.05, 0.1) is 16.7 Å². The average Bonchev–Trinajstić information content (AvgIpc) is 2.87. The van der Waals surface area contributed by atoms with Crippen molar-refractivity contribution >= 4 is 22.8 Å². The molecule has 20 heavy (non-hydrogen) atoms. The van der Waals surface area contributed by atoms with Gasteiger partial charge in [-0.2, -0.15) is 0 Å². The summed E-state index contributed by atoms with van der Waals surface area (Å²) in [4.78, 5) is 12.2. The fourth-order valence-corrected chi connectivity index (χ4v) is 3.00. The number of aromatic amines is 1. The highest BCUT2D eigenvalue weighted by Gasteiger charge is 2.06. The molecule has 2 heterocycles. The van der Waals surface area contributed by atoms with Crippen molar-refractivity contribution in [1.29, 1.82) is 0 Å². The number of nitrogens with two attached hydrogens (primary N) is 1. The lowest BCUT2D eigenvalue weighted by Gasteiger charge is -2.04. The van der Waals surface area contributed by atoms with E-state index >= 15 is 0 Å². The maximum absolute atomic E-state index is 5.70. The van der Waals surface area contributed by atoms with Gasteiger partial charge in [0, 0.05) is 18.5 Å². The predicted molar refractivity (Wildman–Crippen MR) is 82.5 cm³/mol. The number of benzene rings is 1. The van der Waals surface area contributed by atoms with Gasteiger partial charge in [0.2, 0.25) is 0 Å². The van der Waals surface area contributed by atoms with Crippen LogP contribution in [0.1, 0.15) is 16.8 Å². The number of nitrogens with one attached hydrogen (secondary N) is 1. The first-order valence-electron chi connectivity index (χ1n) is 6.48. The molecule has 0 saturated carbocycles. The van der Waals surface area contributed by atoms with E-state index in [0.717, 1.165) is 33.2 Å². The summed E-state index contributed by atoms with van der Waals surface area (Å²) >= 11 is 1.67. The third-order valence-electron chi connectivity index (χ3n) is 3.16. The second kappa shape index (κ2) is 5.64. The lowest BCUT2D eigenvalue weighted by molar-refractivity contribution is 0.963. The Hall–Kier alpha value is -1.85.